The highest BCUT2D eigenvalue weighted by Crippen LogP contribution is 2.26. The molecular weight excluding hydrogens is 265 g/mol. The SMILES string of the molecule is [O-][n+]1cc(Cl)ccc1Sc1ccc(Cl)cc1. The average molecular weight is 272 g/mol. The van der Waals surface area contributed by atoms with Gasteiger partial charge in [-0.25, -0.2) is 0 Å². The van der Waals surface area contributed by atoms with E-state index in [2.05, 4.69) is 0 Å². The second-order valence-corrected chi connectivity index (χ2v) is 5.03. The zero-order chi connectivity index (χ0) is 11.5. The summed E-state index contributed by atoms with van der Waals surface area (Å²) < 4.78 is 0.752. The van der Waals surface area contributed by atoms with E-state index in [0.29, 0.717) is 15.1 Å². The number of nitrogens with zero attached hydrogens (tertiary/aromatic N) is 1. The Balaban J connectivity index is 2.23. The van der Waals surface area contributed by atoms with E-state index in [-0.39, 0.29) is 0 Å². The van der Waals surface area contributed by atoms with E-state index in [9.17, 15) is 5.21 Å². The molecule has 2 rings (SSSR count). The lowest BCUT2D eigenvalue weighted by atomic mass is 10.4. The normalized spacial score (nSPS) is 10.4. The number of hydrogen-bond donors (Lipinski definition) is 0. The van der Waals surface area contributed by atoms with Crippen molar-refractivity contribution >= 4 is 35.0 Å². The van der Waals surface area contributed by atoms with E-state index in [1.165, 1.54) is 18.0 Å². The zero-order valence-corrected chi connectivity index (χ0v) is 10.4. The molecule has 0 amide bonds. The van der Waals surface area contributed by atoms with Crippen LogP contribution in [0.25, 0.3) is 0 Å². The van der Waals surface area contributed by atoms with Crippen LogP contribution < -0.4 is 4.73 Å². The molecule has 0 aliphatic carbocycles. The molecule has 5 heteroatoms. The molecule has 0 aliphatic rings. The van der Waals surface area contributed by atoms with Crippen molar-refractivity contribution < 1.29 is 4.73 Å². The molecule has 0 N–H and O–H groups in total. The lowest BCUT2D eigenvalue weighted by molar-refractivity contribution is -0.645. The Morgan fingerprint density at radius 1 is 0.938 bits per heavy atom. The molecule has 1 aromatic heterocycles. The topological polar surface area (TPSA) is 26.9 Å². The molecule has 82 valence electrons. The summed E-state index contributed by atoms with van der Waals surface area (Å²) in [6, 6.07) is 10.7. The summed E-state index contributed by atoms with van der Waals surface area (Å²) in [5, 5.41) is 13.2. The van der Waals surface area contributed by atoms with Gasteiger partial charge in [-0.15, -0.1) is 0 Å². The van der Waals surface area contributed by atoms with Crippen LogP contribution >= 0.6 is 35.0 Å². The van der Waals surface area contributed by atoms with Gasteiger partial charge in [0.15, 0.2) is 6.20 Å². The van der Waals surface area contributed by atoms with Gasteiger partial charge in [-0.05, 0) is 42.1 Å². The van der Waals surface area contributed by atoms with Gasteiger partial charge >= 0.3 is 0 Å². The van der Waals surface area contributed by atoms with Crippen LogP contribution in [-0.2, 0) is 0 Å². The van der Waals surface area contributed by atoms with Crippen LogP contribution in [0.3, 0.4) is 0 Å². The zero-order valence-electron chi connectivity index (χ0n) is 8.06. The molecular formula is C11H7Cl2NOS. The highest BCUT2D eigenvalue weighted by atomic mass is 35.5. The van der Waals surface area contributed by atoms with E-state index in [0.717, 1.165) is 9.63 Å². The Kier molecular flexibility index (Phi) is 3.59. The molecule has 0 fully saturated rings. The quantitative estimate of drug-likeness (QED) is 0.614. The molecule has 2 nitrogen and oxygen atoms in total. The van der Waals surface area contributed by atoms with Gasteiger partial charge in [-0.1, -0.05) is 23.2 Å². The van der Waals surface area contributed by atoms with E-state index < -0.39 is 0 Å². The molecule has 0 spiro atoms. The fourth-order valence-electron chi connectivity index (χ4n) is 1.15. The van der Waals surface area contributed by atoms with Gasteiger partial charge in [-0.2, -0.15) is 4.73 Å². The number of aromatic nitrogens is 1. The first-order valence-corrected chi connectivity index (χ1v) is 6.04. The van der Waals surface area contributed by atoms with Gasteiger partial charge in [0, 0.05) is 16.0 Å². The second-order valence-electron chi connectivity index (χ2n) is 3.07. The van der Waals surface area contributed by atoms with Gasteiger partial charge in [-0.3, -0.25) is 0 Å². The molecule has 0 saturated heterocycles. The Bertz CT molecular complexity index is 502. The van der Waals surface area contributed by atoms with Crippen LogP contribution in [0, 0.1) is 5.21 Å². The molecule has 0 bridgehead atoms. The van der Waals surface area contributed by atoms with Crippen molar-refractivity contribution in [2.45, 2.75) is 9.92 Å². The highest BCUT2D eigenvalue weighted by Gasteiger charge is 2.07. The van der Waals surface area contributed by atoms with Crippen LogP contribution in [0.2, 0.25) is 10.0 Å². The summed E-state index contributed by atoms with van der Waals surface area (Å²) in [5.74, 6) is 0. The van der Waals surface area contributed by atoms with Crippen LogP contribution in [0.1, 0.15) is 0 Å². The minimum Gasteiger partial charge on any atom is -0.618 e. The average Bonchev–Trinajstić information content (AvgIpc) is 2.25. The van der Waals surface area contributed by atoms with Crippen LogP contribution in [0.15, 0.2) is 52.5 Å². The first-order chi connectivity index (χ1) is 7.65. The Labute approximate surface area is 107 Å². The van der Waals surface area contributed by atoms with Gasteiger partial charge < -0.3 is 5.21 Å². The molecule has 1 heterocycles. The summed E-state index contributed by atoms with van der Waals surface area (Å²) >= 11 is 12.8. The predicted molar refractivity (Wildman–Crippen MR) is 66.0 cm³/mol. The minimum absolute atomic E-state index is 0.426. The van der Waals surface area contributed by atoms with E-state index in [1.54, 1.807) is 24.3 Å². The van der Waals surface area contributed by atoms with Crippen molar-refractivity contribution in [3.63, 3.8) is 0 Å². The number of benzene rings is 1. The highest BCUT2D eigenvalue weighted by molar-refractivity contribution is 7.99. The summed E-state index contributed by atoms with van der Waals surface area (Å²) in [7, 11) is 0. The summed E-state index contributed by atoms with van der Waals surface area (Å²) in [5.41, 5.74) is 0. The fourth-order valence-corrected chi connectivity index (χ4v) is 2.22. The minimum atomic E-state index is 0.426. The Morgan fingerprint density at radius 2 is 1.56 bits per heavy atom. The third-order valence-corrected chi connectivity index (χ3v) is 3.39. The molecule has 0 saturated carbocycles. The Morgan fingerprint density at radius 3 is 2.19 bits per heavy atom. The molecule has 0 atom stereocenters. The van der Waals surface area contributed by atoms with Gasteiger partial charge in [0.05, 0.1) is 0 Å². The number of pyridine rings is 1. The first kappa shape index (κ1) is 11.6. The van der Waals surface area contributed by atoms with Crippen molar-refractivity contribution in [2.24, 2.45) is 0 Å². The monoisotopic (exact) mass is 271 g/mol. The maximum Gasteiger partial charge on any atom is 0.256 e. The molecule has 0 aliphatic heterocycles. The van der Waals surface area contributed by atoms with E-state index in [4.69, 9.17) is 23.2 Å². The van der Waals surface area contributed by atoms with Gasteiger partial charge in [0.1, 0.15) is 5.02 Å². The standard InChI is InChI=1S/C11H7Cl2NOS/c12-8-1-4-10(5-2-8)16-11-6-3-9(13)7-14(11)15/h1-7H. The van der Waals surface area contributed by atoms with Gasteiger partial charge in [0.2, 0.25) is 0 Å². The molecule has 0 radical (unpaired) electrons. The van der Waals surface area contributed by atoms with E-state index in [1.807, 2.05) is 12.1 Å². The predicted octanol–water partition coefficient (Wildman–Crippen LogP) is 3.78. The van der Waals surface area contributed by atoms with Crippen molar-refractivity contribution in [3.05, 3.63) is 57.8 Å². The van der Waals surface area contributed by atoms with Crippen molar-refractivity contribution in [1.82, 2.24) is 0 Å². The third kappa shape index (κ3) is 2.82. The number of hydrogen-bond acceptors (Lipinski definition) is 2. The number of halogens is 2. The first-order valence-electron chi connectivity index (χ1n) is 4.47. The maximum atomic E-state index is 11.5. The fraction of sp³-hybridized carbons (Fsp3) is 0. The third-order valence-electron chi connectivity index (χ3n) is 1.88. The molecule has 2 aromatic rings. The van der Waals surface area contributed by atoms with Gasteiger partial charge in [0.25, 0.3) is 5.03 Å². The summed E-state index contributed by atoms with van der Waals surface area (Å²) in [6.45, 7) is 0. The maximum absolute atomic E-state index is 11.5. The van der Waals surface area contributed by atoms with Crippen molar-refractivity contribution in [2.75, 3.05) is 0 Å². The van der Waals surface area contributed by atoms with Crippen LogP contribution in [0.4, 0.5) is 0 Å². The van der Waals surface area contributed by atoms with Crippen LogP contribution in [0.5, 0.6) is 0 Å². The largest absolute Gasteiger partial charge is 0.618 e. The molecule has 1 aromatic carbocycles. The smallest absolute Gasteiger partial charge is 0.256 e. The lowest BCUT2D eigenvalue weighted by Crippen LogP contribution is -2.27. The van der Waals surface area contributed by atoms with Crippen molar-refractivity contribution in [3.8, 4) is 0 Å². The number of rotatable bonds is 2. The lowest BCUT2D eigenvalue weighted by Gasteiger charge is -2.03. The second kappa shape index (κ2) is 4.95. The summed E-state index contributed by atoms with van der Waals surface area (Å²) in [6.07, 6.45) is 1.33. The Hall–Kier alpha value is -0.900. The van der Waals surface area contributed by atoms with Crippen LogP contribution in [-0.4, -0.2) is 0 Å². The summed E-state index contributed by atoms with van der Waals surface area (Å²) in [4.78, 5) is 0.955. The molecule has 0 unspecified atom stereocenters. The van der Waals surface area contributed by atoms with Crippen molar-refractivity contribution in [1.29, 1.82) is 0 Å². The van der Waals surface area contributed by atoms with E-state index >= 15 is 0 Å². The molecule has 16 heavy (non-hydrogen) atoms.